The van der Waals surface area contributed by atoms with E-state index in [1.165, 1.54) is 138 Å². The van der Waals surface area contributed by atoms with Crippen LogP contribution in [0.1, 0.15) is 111 Å². The predicted octanol–water partition coefficient (Wildman–Crippen LogP) is 17.4. The van der Waals surface area contributed by atoms with E-state index in [0.717, 1.165) is 27.5 Å². The molecule has 0 atom stereocenters. The fourth-order valence-corrected chi connectivity index (χ4v) is 11.2. The summed E-state index contributed by atoms with van der Waals surface area (Å²) in [5.74, 6) is 3.11. The third kappa shape index (κ3) is 10.6. The molecule has 0 amide bonds. The van der Waals surface area contributed by atoms with Crippen molar-refractivity contribution in [3.63, 3.8) is 0 Å². The average Bonchev–Trinajstić information content (AvgIpc) is 4.10. The zero-order valence-corrected chi connectivity index (χ0v) is 49.1. The normalized spacial score (nSPS) is 11.6. The third-order valence-corrected chi connectivity index (χ3v) is 16.1. The molecule has 2 N–H and O–H groups in total. The summed E-state index contributed by atoms with van der Waals surface area (Å²) in [6, 6.07) is 13.3. The molecule has 3 aromatic heterocycles. The Morgan fingerprint density at radius 1 is 0.551 bits per heavy atom. The van der Waals surface area contributed by atoms with Crippen LogP contribution in [0, 0.1) is 115 Å². The molecule has 1 aliphatic carbocycles. The second kappa shape index (κ2) is 21.6. The van der Waals surface area contributed by atoms with Crippen molar-refractivity contribution >= 4 is 98.3 Å². The van der Waals surface area contributed by atoms with Crippen LogP contribution in [-0.2, 0) is 34.0 Å². The van der Waals surface area contributed by atoms with Crippen LogP contribution in [0.15, 0.2) is 64.0 Å². The third-order valence-electron chi connectivity index (χ3n) is 15.4. The van der Waals surface area contributed by atoms with Crippen molar-refractivity contribution in [3.05, 3.63) is 175 Å². The molecule has 9 rings (SSSR count). The lowest BCUT2D eigenvalue weighted by atomic mass is 9.90. The molecule has 0 unspecified atom stereocenters. The van der Waals surface area contributed by atoms with Crippen molar-refractivity contribution in [2.75, 3.05) is 5.73 Å². The van der Waals surface area contributed by atoms with Crippen molar-refractivity contribution in [2.24, 2.45) is 21.1 Å². The number of fused-ring (bicyclic) bond motifs is 4. The largest absolute Gasteiger partial charge is 0.398 e. The number of nitrogen functional groups attached to an aromatic ring is 1. The van der Waals surface area contributed by atoms with Crippen molar-refractivity contribution in [1.82, 2.24) is 13.7 Å². The lowest BCUT2D eigenvalue weighted by Crippen LogP contribution is -2.01. The van der Waals surface area contributed by atoms with Crippen LogP contribution in [-0.4, -0.2) is 13.7 Å². The van der Waals surface area contributed by atoms with Crippen LogP contribution in [0.3, 0.4) is 0 Å². The number of halogens is 3. The molecule has 3 heterocycles. The molecule has 7 heteroatoms. The first-order chi connectivity index (χ1) is 32.4. The van der Waals surface area contributed by atoms with Crippen LogP contribution < -0.4 is 5.73 Å². The minimum atomic E-state index is 0.938. The Labute approximate surface area is 438 Å². The minimum absolute atomic E-state index is 0.938. The molecular formula is C62H71Br3N4. The van der Waals surface area contributed by atoms with E-state index in [1.807, 2.05) is 0 Å². The monoisotopic (exact) mass is 1110 g/mol. The van der Waals surface area contributed by atoms with Crippen LogP contribution in [0.5, 0.6) is 0 Å². The number of hydrogen-bond donors (Lipinski definition) is 1. The predicted molar refractivity (Wildman–Crippen MR) is 314 cm³/mol. The highest BCUT2D eigenvalue weighted by Gasteiger charge is 2.21. The van der Waals surface area contributed by atoms with Crippen molar-refractivity contribution in [1.29, 1.82) is 0 Å². The molecule has 0 saturated heterocycles. The van der Waals surface area contributed by atoms with Gasteiger partial charge in [-0.05, 0) is 283 Å². The topological polar surface area (TPSA) is 40.8 Å². The van der Waals surface area contributed by atoms with Crippen LogP contribution in [0.25, 0.3) is 44.9 Å². The molecule has 0 bridgehead atoms. The van der Waals surface area contributed by atoms with E-state index in [1.54, 1.807) is 5.57 Å². The number of aromatic nitrogens is 3. The summed E-state index contributed by atoms with van der Waals surface area (Å²) in [5, 5.41) is 3.97. The Hall–Kier alpha value is -5.00. The molecule has 8 aromatic rings. The maximum Gasteiger partial charge on any atom is 0.0610 e. The summed E-state index contributed by atoms with van der Waals surface area (Å²) in [5.41, 5.74) is 39.5. The van der Waals surface area contributed by atoms with Gasteiger partial charge in [0, 0.05) is 83.1 Å². The van der Waals surface area contributed by atoms with E-state index in [9.17, 15) is 0 Å². The molecular weight excluding hydrogens is 1040 g/mol. The number of allylic oxidation sites excluding steroid dienone is 1. The second-order valence-electron chi connectivity index (χ2n) is 19.6. The summed E-state index contributed by atoms with van der Waals surface area (Å²) < 4.78 is 7.58. The number of hydrogen-bond acceptors (Lipinski definition) is 1. The lowest BCUT2D eigenvalue weighted by molar-refractivity contribution is 0.960. The molecule has 1 aliphatic rings. The van der Waals surface area contributed by atoms with Gasteiger partial charge in [0.25, 0.3) is 0 Å². The fourth-order valence-electron chi connectivity index (χ4n) is 10.5. The first-order valence-electron chi connectivity index (χ1n) is 23.8. The first-order valence-corrected chi connectivity index (χ1v) is 26.2. The lowest BCUT2D eigenvalue weighted by Gasteiger charge is -2.16. The van der Waals surface area contributed by atoms with Gasteiger partial charge >= 0.3 is 0 Å². The quantitative estimate of drug-likeness (QED) is 0.139. The average molecular weight is 1110 g/mol. The summed E-state index contributed by atoms with van der Waals surface area (Å²) in [6.45, 7) is 32.8. The summed E-state index contributed by atoms with van der Waals surface area (Å²) in [4.78, 5) is 2.80. The van der Waals surface area contributed by atoms with Gasteiger partial charge in [0.05, 0.1) is 19.9 Å². The second-order valence-corrected chi connectivity index (χ2v) is 22.8. The SMILES string of the molecule is Cc1c(C)c(C)c2c(ccn2C)c1C=C(Br)Br.Cc1cc(C)c(N)c(C)c1C.Cc1cc(C)c2c(ccn2C)c1C#CBr.Cc1cc2c(c(C)c1C)C=C(Cc1c(C)c(C)c(C)c3c1ccn3C)C2. The molecule has 360 valence electrons. The highest BCUT2D eigenvalue weighted by atomic mass is 79.9. The Kier molecular flexibility index (Phi) is 16.7. The van der Waals surface area contributed by atoms with Gasteiger partial charge in [-0.2, -0.15) is 0 Å². The van der Waals surface area contributed by atoms with Crippen molar-refractivity contribution < 1.29 is 0 Å². The van der Waals surface area contributed by atoms with Gasteiger partial charge in [0.2, 0.25) is 0 Å². The van der Waals surface area contributed by atoms with Crippen molar-refractivity contribution in [3.8, 4) is 10.8 Å². The molecule has 69 heavy (non-hydrogen) atoms. The van der Waals surface area contributed by atoms with E-state index in [0.29, 0.717) is 0 Å². The van der Waals surface area contributed by atoms with Crippen LogP contribution in [0.2, 0.25) is 0 Å². The van der Waals surface area contributed by atoms with Gasteiger partial charge in [0.15, 0.2) is 0 Å². The zero-order chi connectivity index (χ0) is 51.1. The van der Waals surface area contributed by atoms with E-state index in [4.69, 9.17) is 5.73 Å². The number of anilines is 1. The number of aryl methyl sites for hydroxylation is 10. The number of nitrogens with two attached hydrogens (primary N) is 1. The Bertz CT molecular complexity index is 3430. The van der Waals surface area contributed by atoms with Crippen molar-refractivity contribution in [2.45, 2.75) is 117 Å². The summed E-state index contributed by atoms with van der Waals surface area (Å²) in [6.07, 6.45) is 13.1. The molecule has 4 nitrogen and oxygen atoms in total. The van der Waals surface area contributed by atoms with E-state index < -0.39 is 0 Å². The number of rotatable bonds is 3. The maximum atomic E-state index is 5.85. The summed E-state index contributed by atoms with van der Waals surface area (Å²) in [7, 11) is 6.32. The molecule has 0 aliphatic heterocycles. The smallest absolute Gasteiger partial charge is 0.0610 e. The molecule has 5 aromatic carbocycles. The zero-order valence-electron chi connectivity index (χ0n) is 44.3. The molecule has 0 saturated carbocycles. The number of benzene rings is 5. The van der Waals surface area contributed by atoms with E-state index >= 15 is 0 Å². The van der Waals surface area contributed by atoms with Gasteiger partial charge in [-0.15, -0.1) is 0 Å². The molecule has 0 fully saturated rings. The number of nitrogens with zero attached hydrogens (tertiary/aromatic N) is 3. The van der Waals surface area contributed by atoms with E-state index in [2.05, 4.69) is 264 Å². The van der Waals surface area contributed by atoms with Crippen LogP contribution in [0.4, 0.5) is 5.69 Å². The highest BCUT2D eigenvalue weighted by Crippen LogP contribution is 2.37. The standard InChI is InChI=1S/C25H29N.C14H15Br2N.C13H12BrN.C10H15N/c1-14-10-21-11-20(12-23(21)17(4)15(14)2)13-24-18(5)16(3)19(6)25-22(24)8-9-26(25)7;1-8-9(2)12(7-13(15)16)11-5-6-17(4)14(11)10(8)3;1-9-8-10(2)13-12(5-7-15(13)3)11(9)4-6-14;1-6-5-7(2)10(11)9(4)8(6)3/h8-10,12H,11,13H2,1-7H3;5-7H,1-4H3;5,7-8H,1-3H3;5H,11H2,1-4H3. The minimum Gasteiger partial charge on any atom is -0.398 e. The molecule has 0 radical (unpaired) electrons. The summed E-state index contributed by atoms with van der Waals surface area (Å²) >= 11 is 10.1. The first kappa shape index (κ1) is 53.4. The maximum absolute atomic E-state index is 5.85. The highest BCUT2D eigenvalue weighted by molar-refractivity contribution is 9.28. The van der Waals surface area contributed by atoms with Gasteiger partial charge in [-0.1, -0.05) is 35.8 Å². The van der Waals surface area contributed by atoms with Gasteiger partial charge in [0.1, 0.15) is 0 Å². The van der Waals surface area contributed by atoms with Crippen LogP contribution >= 0.6 is 47.8 Å². The Balaban J connectivity index is 0.000000159. The Morgan fingerprint density at radius 2 is 1.06 bits per heavy atom. The fraction of sp³-hybridized carbons (Fsp3) is 0.323. The van der Waals surface area contributed by atoms with Gasteiger partial charge in [-0.25, -0.2) is 0 Å². The van der Waals surface area contributed by atoms with Gasteiger partial charge < -0.3 is 19.4 Å². The Morgan fingerprint density at radius 3 is 1.65 bits per heavy atom. The van der Waals surface area contributed by atoms with E-state index in [-0.39, 0.29) is 0 Å². The molecule has 0 spiro atoms. The van der Waals surface area contributed by atoms with Gasteiger partial charge in [-0.3, -0.25) is 0 Å².